The van der Waals surface area contributed by atoms with E-state index in [-0.39, 0.29) is 12.5 Å². The second-order valence-corrected chi connectivity index (χ2v) is 7.36. The largest absolute Gasteiger partial charge is 0.483 e. The first-order chi connectivity index (χ1) is 12.7. The van der Waals surface area contributed by atoms with E-state index in [9.17, 15) is 4.79 Å². The minimum atomic E-state index is 0.0571. The number of hydrogen-bond acceptors (Lipinski definition) is 4. The predicted octanol–water partition coefficient (Wildman–Crippen LogP) is 2.38. The molecule has 2 aromatic rings. The van der Waals surface area contributed by atoms with Gasteiger partial charge >= 0.3 is 0 Å². The molecule has 0 radical (unpaired) electrons. The molecule has 0 saturated carbocycles. The SMILES string of the molecule is O=C(COc1ccc(Cl)c2ccccc12)N1CCC(N2CCNCC2)C1. The molecule has 1 atom stereocenters. The van der Waals surface area contributed by atoms with Gasteiger partial charge in [-0.25, -0.2) is 0 Å². The number of piperazine rings is 1. The van der Waals surface area contributed by atoms with Crippen molar-refractivity contribution in [2.24, 2.45) is 0 Å². The number of likely N-dealkylation sites (tertiary alicyclic amines) is 1. The van der Waals surface area contributed by atoms with Gasteiger partial charge in [-0.15, -0.1) is 0 Å². The van der Waals surface area contributed by atoms with Crippen LogP contribution in [-0.2, 0) is 4.79 Å². The summed E-state index contributed by atoms with van der Waals surface area (Å²) < 4.78 is 5.86. The lowest BCUT2D eigenvalue weighted by Gasteiger charge is -2.32. The van der Waals surface area contributed by atoms with Gasteiger partial charge in [0.2, 0.25) is 0 Å². The number of amides is 1. The smallest absolute Gasteiger partial charge is 0.260 e. The lowest BCUT2D eigenvalue weighted by Crippen LogP contribution is -2.49. The van der Waals surface area contributed by atoms with E-state index in [1.807, 2.05) is 41.3 Å². The molecule has 1 N–H and O–H groups in total. The Labute approximate surface area is 158 Å². The summed E-state index contributed by atoms with van der Waals surface area (Å²) in [5.74, 6) is 0.762. The number of fused-ring (bicyclic) bond motifs is 1. The van der Waals surface area contributed by atoms with Gasteiger partial charge in [0.1, 0.15) is 5.75 Å². The van der Waals surface area contributed by atoms with Crippen LogP contribution in [0.25, 0.3) is 10.8 Å². The Morgan fingerprint density at radius 3 is 2.69 bits per heavy atom. The van der Waals surface area contributed by atoms with E-state index < -0.39 is 0 Å². The van der Waals surface area contributed by atoms with Crippen molar-refractivity contribution in [1.29, 1.82) is 0 Å². The molecule has 138 valence electrons. The quantitative estimate of drug-likeness (QED) is 0.893. The van der Waals surface area contributed by atoms with Gasteiger partial charge in [0.15, 0.2) is 6.61 Å². The zero-order chi connectivity index (χ0) is 17.9. The van der Waals surface area contributed by atoms with Gasteiger partial charge in [-0.1, -0.05) is 35.9 Å². The fourth-order valence-corrected chi connectivity index (χ4v) is 4.13. The fraction of sp³-hybridized carbons (Fsp3) is 0.450. The average molecular weight is 374 g/mol. The van der Waals surface area contributed by atoms with Gasteiger partial charge in [0.05, 0.1) is 0 Å². The number of halogens is 1. The molecule has 1 unspecified atom stereocenters. The van der Waals surface area contributed by atoms with Crippen molar-refractivity contribution in [2.75, 3.05) is 45.9 Å². The van der Waals surface area contributed by atoms with Crippen LogP contribution in [-0.4, -0.2) is 67.6 Å². The molecule has 0 aliphatic carbocycles. The first-order valence-corrected chi connectivity index (χ1v) is 9.63. The first-order valence-electron chi connectivity index (χ1n) is 9.25. The highest BCUT2D eigenvalue weighted by Crippen LogP contribution is 2.31. The van der Waals surface area contributed by atoms with E-state index in [4.69, 9.17) is 16.3 Å². The maximum Gasteiger partial charge on any atom is 0.260 e. The third-order valence-electron chi connectivity index (χ3n) is 5.37. The number of nitrogens with zero attached hydrogens (tertiary/aromatic N) is 2. The van der Waals surface area contributed by atoms with Crippen LogP contribution in [0.3, 0.4) is 0 Å². The van der Waals surface area contributed by atoms with Gasteiger partial charge < -0.3 is 15.0 Å². The number of rotatable bonds is 4. The van der Waals surface area contributed by atoms with Crippen molar-refractivity contribution in [1.82, 2.24) is 15.1 Å². The van der Waals surface area contributed by atoms with Crippen LogP contribution in [0.4, 0.5) is 0 Å². The van der Waals surface area contributed by atoms with Gasteiger partial charge in [-0.05, 0) is 18.6 Å². The Balaban J connectivity index is 1.37. The maximum absolute atomic E-state index is 12.6. The molecule has 2 heterocycles. The van der Waals surface area contributed by atoms with Gasteiger partial charge in [-0.2, -0.15) is 0 Å². The Bertz CT molecular complexity index is 792. The second-order valence-electron chi connectivity index (χ2n) is 6.95. The first kappa shape index (κ1) is 17.6. The number of carbonyl (C=O) groups is 1. The molecule has 0 aromatic heterocycles. The van der Waals surface area contributed by atoms with Crippen LogP contribution in [0, 0.1) is 0 Å². The fourth-order valence-electron chi connectivity index (χ4n) is 3.90. The number of nitrogens with one attached hydrogen (secondary N) is 1. The molecule has 5 nitrogen and oxygen atoms in total. The summed E-state index contributed by atoms with van der Waals surface area (Å²) in [6.07, 6.45) is 1.05. The zero-order valence-electron chi connectivity index (χ0n) is 14.8. The summed E-state index contributed by atoms with van der Waals surface area (Å²) in [5, 5.41) is 5.95. The van der Waals surface area contributed by atoms with E-state index in [0.717, 1.165) is 56.5 Å². The highest BCUT2D eigenvalue weighted by molar-refractivity contribution is 6.35. The molecule has 2 aliphatic heterocycles. The number of ether oxygens (including phenoxy) is 1. The summed E-state index contributed by atoms with van der Waals surface area (Å²) in [5.41, 5.74) is 0. The van der Waals surface area contributed by atoms with Crippen LogP contribution >= 0.6 is 11.6 Å². The van der Waals surface area contributed by atoms with Crippen LogP contribution in [0.15, 0.2) is 36.4 Å². The molecule has 0 spiro atoms. The molecule has 2 aliphatic rings. The van der Waals surface area contributed by atoms with E-state index in [1.165, 1.54) is 0 Å². The molecular formula is C20H24ClN3O2. The molecule has 4 rings (SSSR count). The van der Waals surface area contributed by atoms with E-state index in [2.05, 4.69) is 10.2 Å². The van der Waals surface area contributed by atoms with E-state index >= 15 is 0 Å². The maximum atomic E-state index is 12.6. The highest BCUT2D eigenvalue weighted by Gasteiger charge is 2.31. The molecular weight excluding hydrogens is 350 g/mol. The third-order valence-corrected chi connectivity index (χ3v) is 5.70. The van der Waals surface area contributed by atoms with Crippen LogP contribution in [0.5, 0.6) is 5.75 Å². The van der Waals surface area contributed by atoms with Crippen LogP contribution in [0.1, 0.15) is 6.42 Å². The molecule has 1 amide bonds. The third kappa shape index (κ3) is 3.65. The van der Waals surface area contributed by atoms with Crippen molar-refractivity contribution in [3.05, 3.63) is 41.4 Å². The molecule has 2 saturated heterocycles. The molecule has 26 heavy (non-hydrogen) atoms. The minimum absolute atomic E-state index is 0.0571. The van der Waals surface area contributed by atoms with Crippen molar-refractivity contribution >= 4 is 28.3 Å². The predicted molar refractivity (Wildman–Crippen MR) is 104 cm³/mol. The second kappa shape index (κ2) is 7.82. The Hall–Kier alpha value is -1.82. The van der Waals surface area contributed by atoms with Gasteiger partial charge in [0, 0.05) is 61.1 Å². The van der Waals surface area contributed by atoms with Crippen molar-refractivity contribution in [3.8, 4) is 5.75 Å². The minimum Gasteiger partial charge on any atom is -0.483 e. The molecule has 2 aromatic carbocycles. The lowest BCUT2D eigenvalue weighted by molar-refractivity contribution is -0.132. The summed E-state index contributed by atoms with van der Waals surface area (Å²) in [6.45, 7) is 5.91. The summed E-state index contributed by atoms with van der Waals surface area (Å²) in [4.78, 5) is 17.0. The average Bonchev–Trinajstić information content (AvgIpc) is 3.19. The number of benzene rings is 2. The summed E-state index contributed by atoms with van der Waals surface area (Å²) in [6, 6.07) is 12.0. The van der Waals surface area contributed by atoms with Gasteiger partial charge in [-0.3, -0.25) is 9.69 Å². The van der Waals surface area contributed by atoms with Crippen LogP contribution in [0.2, 0.25) is 5.02 Å². The molecule has 0 bridgehead atoms. The number of hydrogen-bond donors (Lipinski definition) is 1. The van der Waals surface area contributed by atoms with E-state index in [0.29, 0.717) is 16.8 Å². The zero-order valence-corrected chi connectivity index (χ0v) is 15.5. The summed E-state index contributed by atoms with van der Waals surface area (Å²) in [7, 11) is 0. The normalized spacial score (nSPS) is 21.3. The topological polar surface area (TPSA) is 44.8 Å². The highest BCUT2D eigenvalue weighted by atomic mass is 35.5. The molecule has 2 fully saturated rings. The van der Waals surface area contributed by atoms with Crippen molar-refractivity contribution in [2.45, 2.75) is 12.5 Å². The van der Waals surface area contributed by atoms with Crippen LogP contribution < -0.4 is 10.1 Å². The van der Waals surface area contributed by atoms with Crippen molar-refractivity contribution in [3.63, 3.8) is 0 Å². The number of carbonyl (C=O) groups excluding carboxylic acids is 1. The summed E-state index contributed by atoms with van der Waals surface area (Å²) >= 11 is 6.25. The van der Waals surface area contributed by atoms with Crippen molar-refractivity contribution < 1.29 is 9.53 Å². The van der Waals surface area contributed by atoms with E-state index in [1.54, 1.807) is 0 Å². The Kier molecular flexibility index (Phi) is 5.29. The monoisotopic (exact) mass is 373 g/mol. The Morgan fingerprint density at radius 1 is 1.12 bits per heavy atom. The Morgan fingerprint density at radius 2 is 1.88 bits per heavy atom. The standard InChI is InChI=1S/C20H24ClN3O2/c21-18-5-6-19(17-4-2-1-3-16(17)18)26-14-20(25)24-10-7-15(13-24)23-11-8-22-9-12-23/h1-6,15,22H,7-14H2. The molecule has 6 heteroatoms. The lowest BCUT2D eigenvalue weighted by atomic mass is 10.1. The van der Waals surface area contributed by atoms with Gasteiger partial charge in [0.25, 0.3) is 5.91 Å².